The number of nitrogens with zero attached hydrogens (tertiary/aromatic N) is 1. The summed E-state index contributed by atoms with van der Waals surface area (Å²) in [5.41, 5.74) is 0. The highest BCUT2D eigenvalue weighted by atomic mass is 32.2. The molecule has 102 valence electrons. The molecule has 6 nitrogen and oxygen atoms in total. The molecule has 3 aliphatic heterocycles. The van der Waals surface area contributed by atoms with Crippen molar-refractivity contribution < 1.29 is 16.8 Å². The largest absolute Gasteiger partial charge is 0.357 e. The number of nitrogens with one attached hydrogen (secondary N) is 1. The number of hydrogen-bond acceptors (Lipinski definition) is 5. The maximum Gasteiger partial charge on any atom is 0.169 e. The Labute approximate surface area is 112 Å². The first-order valence-corrected chi connectivity index (χ1v) is 9.82. The second-order valence-electron chi connectivity index (χ2n) is 5.16. The third-order valence-corrected chi connectivity index (χ3v) is 7.62. The molecule has 18 heavy (non-hydrogen) atoms. The van der Waals surface area contributed by atoms with Gasteiger partial charge in [0.15, 0.2) is 24.8 Å². The zero-order chi connectivity index (χ0) is 13.1. The summed E-state index contributed by atoms with van der Waals surface area (Å²) in [6.45, 7) is 0. The minimum atomic E-state index is -3.03. The number of hydrogen-bond donors (Lipinski definition) is 1. The molecular weight excluding hydrogens is 296 g/mol. The highest BCUT2D eigenvalue weighted by Gasteiger charge is 2.50. The zero-order valence-corrected chi connectivity index (χ0v) is 12.0. The molecule has 0 aromatic rings. The van der Waals surface area contributed by atoms with Gasteiger partial charge in [-0.05, 0) is 18.6 Å². The van der Waals surface area contributed by atoms with E-state index in [0.717, 1.165) is 0 Å². The van der Waals surface area contributed by atoms with E-state index in [4.69, 9.17) is 12.2 Å². The van der Waals surface area contributed by atoms with Crippen LogP contribution in [0.25, 0.3) is 0 Å². The first-order valence-electron chi connectivity index (χ1n) is 5.77. The van der Waals surface area contributed by atoms with Gasteiger partial charge < -0.3 is 10.2 Å². The van der Waals surface area contributed by atoms with Crippen LogP contribution in [-0.2, 0) is 19.7 Å². The van der Waals surface area contributed by atoms with Crippen molar-refractivity contribution in [3.05, 3.63) is 0 Å². The quantitative estimate of drug-likeness (QED) is 0.592. The monoisotopic (exact) mass is 310 g/mol. The average Bonchev–Trinajstić information content (AvgIpc) is 2.75. The summed E-state index contributed by atoms with van der Waals surface area (Å²) in [6, 6.07) is -0.537. The Kier molecular flexibility index (Phi) is 2.66. The predicted octanol–water partition coefficient (Wildman–Crippen LogP) is -1.47. The van der Waals surface area contributed by atoms with E-state index in [0.29, 0.717) is 11.5 Å². The van der Waals surface area contributed by atoms with E-state index in [1.807, 2.05) is 4.90 Å². The van der Waals surface area contributed by atoms with Gasteiger partial charge in [0, 0.05) is 6.04 Å². The lowest BCUT2D eigenvalue weighted by atomic mass is 10.1. The molecule has 0 amide bonds. The Balaban J connectivity index is 1.86. The molecule has 3 rings (SSSR count). The Morgan fingerprint density at radius 1 is 1.11 bits per heavy atom. The average molecular weight is 310 g/mol. The molecule has 0 aromatic carbocycles. The molecule has 0 aliphatic carbocycles. The Morgan fingerprint density at radius 3 is 2.44 bits per heavy atom. The molecule has 3 atom stereocenters. The lowest BCUT2D eigenvalue weighted by Crippen LogP contribution is -2.45. The van der Waals surface area contributed by atoms with Crippen LogP contribution in [0.3, 0.4) is 0 Å². The zero-order valence-electron chi connectivity index (χ0n) is 9.57. The van der Waals surface area contributed by atoms with Crippen LogP contribution < -0.4 is 5.32 Å². The molecule has 1 N–H and O–H groups in total. The third kappa shape index (κ3) is 2.01. The first-order chi connectivity index (χ1) is 8.27. The number of sulfone groups is 2. The lowest BCUT2D eigenvalue weighted by molar-refractivity contribution is 0.289. The van der Waals surface area contributed by atoms with E-state index >= 15 is 0 Å². The summed E-state index contributed by atoms with van der Waals surface area (Å²) in [6.07, 6.45) is 0.535. The predicted molar refractivity (Wildman–Crippen MR) is 70.9 cm³/mol. The molecule has 0 bridgehead atoms. The third-order valence-electron chi connectivity index (χ3n) is 3.83. The van der Waals surface area contributed by atoms with Crippen molar-refractivity contribution in [1.82, 2.24) is 10.2 Å². The Hall–Kier alpha value is -0.410. The van der Waals surface area contributed by atoms with Crippen LogP contribution in [0, 0.1) is 0 Å². The summed E-state index contributed by atoms with van der Waals surface area (Å²) < 4.78 is 46.3. The van der Waals surface area contributed by atoms with Gasteiger partial charge in [0.25, 0.3) is 0 Å². The second kappa shape index (κ2) is 3.80. The van der Waals surface area contributed by atoms with E-state index < -0.39 is 19.7 Å². The second-order valence-corrected chi connectivity index (χ2v) is 9.93. The highest BCUT2D eigenvalue weighted by molar-refractivity contribution is 7.92. The van der Waals surface area contributed by atoms with E-state index in [1.54, 1.807) is 0 Å². The van der Waals surface area contributed by atoms with E-state index in [2.05, 4.69) is 5.32 Å². The van der Waals surface area contributed by atoms with Gasteiger partial charge in [-0.1, -0.05) is 0 Å². The van der Waals surface area contributed by atoms with Crippen molar-refractivity contribution in [3.8, 4) is 0 Å². The number of fused-ring (bicyclic) bond motifs is 1. The molecule has 0 aromatic heterocycles. The van der Waals surface area contributed by atoms with Crippen LogP contribution in [0.15, 0.2) is 0 Å². The maximum absolute atomic E-state index is 11.6. The molecule has 3 heterocycles. The van der Waals surface area contributed by atoms with Crippen molar-refractivity contribution in [2.75, 3.05) is 23.0 Å². The van der Waals surface area contributed by atoms with E-state index in [9.17, 15) is 16.8 Å². The SMILES string of the molecule is O=S1(=O)CC[C@@H](N2C(=S)N[C@H]3CS(=O)(=O)C[C@H]32)C1. The van der Waals surface area contributed by atoms with Crippen molar-refractivity contribution in [2.45, 2.75) is 24.5 Å². The molecule has 0 spiro atoms. The van der Waals surface area contributed by atoms with Gasteiger partial charge in [0.05, 0.1) is 35.1 Å². The molecule has 3 aliphatic rings. The van der Waals surface area contributed by atoms with E-state index in [-0.39, 0.29) is 41.1 Å². The molecule has 0 radical (unpaired) electrons. The van der Waals surface area contributed by atoms with Gasteiger partial charge in [-0.25, -0.2) is 16.8 Å². The van der Waals surface area contributed by atoms with Crippen molar-refractivity contribution in [1.29, 1.82) is 0 Å². The summed E-state index contributed by atoms with van der Waals surface area (Å²) >= 11 is 5.21. The highest BCUT2D eigenvalue weighted by Crippen LogP contribution is 2.30. The summed E-state index contributed by atoms with van der Waals surface area (Å²) in [7, 11) is -6.03. The molecular formula is C9H14N2O4S3. The summed E-state index contributed by atoms with van der Waals surface area (Å²) in [4.78, 5) is 1.81. The molecule has 3 fully saturated rings. The van der Waals surface area contributed by atoms with Crippen LogP contribution in [0.2, 0.25) is 0 Å². The standard InChI is InChI=1S/C9H14N2O4S3/c12-17(13)2-1-6(3-17)11-8-5-18(14,15)4-7(8)10-9(11)16/h6-8H,1-5H2,(H,10,16)/t6-,7+,8-/m1/s1. The lowest BCUT2D eigenvalue weighted by Gasteiger charge is -2.28. The van der Waals surface area contributed by atoms with Crippen LogP contribution in [0.1, 0.15) is 6.42 Å². The van der Waals surface area contributed by atoms with Crippen molar-refractivity contribution >= 4 is 37.0 Å². The molecule has 9 heteroatoms. The fourth-order valence-electron chi connectivity index (χ4n) is 3.06. The van der Waals surface area contributed by atoms with Gasteiger partial charge >= 0.3 is 0 Å². The van der Waals surface area contributed by atoms with Crippen LogP contribution in [0.4, 0.5) is 0 Å². The fourth-order valence-corrected chi connectivity index (χ4v) is 7.11. The normalized spacial score (nSPS) is 40.8. The topological polar surface area (TPSA) is 83.6 Å². The van der Waals surface area contributed by atoms with Gasteiger partial charge in [0.1, 0.15) is 0 Å². The van der Waals surface area contributed by atoms with Crippen LogP contribution in [-0.4, -0.2) is 68.0 Å². The Morgan fingerprint density at radius 2 is 1.83 bits per heavy atom. The summed E-state index contributed by atoms with van der Waals surface area (Å²) in [5.74, 6) is 0.411. The number of thiocarbonyl (C=S) groups is 1. The maximum atomic E-state index is 11.6. The van der Waals surface area contributed by atoms with Gasteiger partial charge in [-0.2, -0.15) is 0 Å². The van der Waals surface area contributed by atoms with Gasteiger partial charge in [0.2, 0.25) is 0 Å². The van der Waals surface area contributed by atoms with Crippen LogP contribution in [0.5, 0.6) is 0 Å². The molecule has 0 unspecified atom stereocenters. The van der Waals surface area contributed by atoms with Crippen molar-refractivity contribution in [3.63, 3.8) is 0 Å². The van der Waals surface area contributed by atoms with Gasteiger partial charge in [-0.3, -0.25) is 0 Å². The van der Waals surface area contributed by atoms with Crippen LogP contribution >= 0.6 is 12.2 Å². The van der Waals surface area contributed by atoms with Crippen molar-refractivity contribution in [2.24, 2.45) is 0 Å². The first kappa shape index (κ1) is 12.6. The van der Waals surface area contributed by atoms with Gasteiger partial charge in [-0.15, -0.1) is 0 Å². The number of rotatable bonds is 1. The molecule has 0 saturated carbocycles. The molecule has 3 saturated heterocycles. The smallest absolute Gasteiger partial charge is 0.169 e. The van der Waals surface area contributed by atoms with E-state index in [1.165, 1.54) is 0 Å². The Bertz CT molecular complexity index is 597. The fraction of sp³-hybridized carbons (Fsp3) is 0.889. The summed E-state index contributed by atoms with van der Waals surface area (Å²) in [5, 5.41) is 3.51. The minimum Gasteiger partial charge on any atom is -0.357 e. The minimum absolute atomic E-state index is 0.0708.